The number of likely N-dealkylation sites (tertiary alicyclic amines) is 1. The second-order valence-electron chi connectivity index (χ2n) is 5.38. The molecule has 2 aliphatic rings. The third-order valence-corrected chi connectivity index (χ3v) is 4.29. The number of carbonyl (C=O) groups is 1. The number of hydrogen-bond acceptors (Lipinski definition) is 3. The number of rotatable bonds is 1. The SMILES string of the molecule is Cc1ccc(C(=O)N2CCC3(CC2)OCCO3)c(Cl)c1. The molecule has 5 heteroatoms. The summed E-state index contributed by atoms with van der Waals surface area (Å²) >= 11 is 6.17. The number of piperidine rings is 1. The van der Waals surface area contributed by atoms with Crippen molar-refractivity contribution in [2.75, 3.05) is 26.3 Å². The molecule has 0 radical (unpaired) electrons. The van der Waals surface area contributed by atoms with Crippen molar-refractivity contribution < 1.29 is 14.3 Å². The van der Waals surface area contributed by atoms with Gasteiger partial charge < -0.3 is 14.4 Å². The maximum atomic E-state index is 12.5. The highest BCUT2D eigenvalue weighted by Crippen LogP contribution is 2.32. The van der Waals surface area contributed by atoms with Crippen molar-refractivity contribution in [3.63, 3.8) is 0 Å². The van der Waals surface area contributed by atoms with Crippen molar-refractivity contribution in [2.24, 2.45) is 0 Å². The van der Waals surface area contributed by atoms with Gasteiger partial charge in [-0.2, -0.15) is 0 Å². The Labute approximate surface area is 123 Å². The fourth-order valence-corrected chi connectivity index (χ4v) is 3.12. The number of amides is 1. The molecule has 0 atom stereocenters. The zero-order valence-corrected chi connectivity index (χ0v) is 12.3. The Kier molecular flexibility index (Phi) is 3.71. The van der Waals surface area contributed by atoms with Gasteiger partial charge in [-0.1, -0.05) is 17.7 Å². The summed E-state index contributed by atoms with van der Waals surface area (Å²) in [5.41, 5.74) is 1.62. The van der Waals surface area contributed by atoms with Gasteiger partial charge in [0, 0.05) is 25.9 Å². The lowest BCUT2D eigenvalue weighted by molar-refractivity contribution is -0.181. The van der Waals surface area contributed by atoms with Crippen LogP contribution in [0.1, 0.15) is 28.8 Å². The number of carbonyl (C=O) groups excluding carboxylic acids is 1. The molecule has 1 aromatic rings. The highest BCUT2D eigenvalue weighted by Gasteiger charge is 2.40. The Morgan fingerprint density at radius 2 is 1.90 bits per heavy atom. The molecule has 1 amide bonds. The second kappa shape index (κ2) is 5.35. The van der Waals surface area contributed by atoms with Crippen LogP contribution in [0.5, 0.6) is 0 Å². The molecule has 0 aromatic heterocycles. The van der Waals surface area contributed by atoms with E-state index in [0.29, 0.717) is 36.9 Å². The minimum absolute atomic E-state index is 0.0113. The number of nitrogens with zero attached hydrogens (tertiary/aromatic N) is 1. The van der Waals surface area contributed by atoms with Crippen LogP contribution in [0.25, 0.3) is 0 Å². The first-order valence-electron chi connectivity index (χ1n) is 6.93. The maximum absolute atomic E-state index is 12.5. The van der Waals surface area contributed by atoms with Gasteiger partial charge in [0.25, 0.3) is 5.91 Å². The van der Waals surface area contributed by atoms with Crippen molar-refractivity contribution >= 4 is 17.5 Å². The van der Waals surface area contributed by atoms with Crippen LogP contribution >= 0.6 is 11.6 Å². The van der Waals surface area contributed by atoms with Crippen LogP contribution in [0.3, 0.4) is 0 Å². The molecule has 1 spiro atoms. The van der Waals surface area contributed by atoms with Gasteiger partial charge in [0.15, 0.2) is 5.79 Å². The van der Waals surface area contributed by atoms with E-state index in [4.69, 9.17) is 21.1 Å². The fourth-order valence-electron chi connectivity index (χ4n) is 2.80. The van der Waals surface area contributed by atoms with Crippen LogP contribution in [0.4, 0.5) is 0 Å². The summed E-state index contributed by atoms with van der Waals surface area (Å²) in [5.74, 6) is -0.462. The Hall–Kier alpha value is -1.10. The van der Waals surface area contributed by atoms with Crippen LogP contribution in [0, 0.1) is 6.92 Å². The summed E-state index contributed by atoms with van der Waals surface area (Å²) < 4.78 is 11.3. The highest BCUT2D eigenvalue weighted by molar-refractivity contribution is 6.33. The van der Waals surface area contributed by atoms with Gasteiger partial charge in [-0.3, -0.25) is 4.79 Å². The summed E-state index contributed by atoms with van der Waals surface area (Å²) in [6.45, 7) is 4.54. The fraction of sp³-hybridized carbons (Fsp3) is 0.533. The molecule has 108 valence electrons. The average Bonchev–Trinajstić information content (AvgIpc) is 2.87. The van der Waals surface area contributed by atoms with Crippen LogP contribution in [0.2, 0.25) is 5.02 Å². The standard InChI is InChI=1S/C15H18ClNO3/c1-11-2-3-12(13(16)10-11)14(18)17-6-4-15(5-7-17)19-8-9-20-15/h2-3,10H,4-9H2,1H3. The molecule has 4 nitrogen and oxygen atoms in total. The van der Waals surface area contributed by atoms with Gasteiger partial charge >= 0.3 is 0 Å². The molecule has 2 aliphatic heterocycles. The minimum Gasteiger partial charge on any atom is -0.347 e. The molecule has 2 fully saturated rings. The lowest BCUT2D eigenvalue weighted by Crippen LogP contribution is -2.47. The lowest BCUT2D eigenvalue weighted by Gasteiger charge is -2.37. The van der Waals surface area contributed by atoms with Gasteiger partial charge in [-0.05, 0) is 24.6 Å². The van der Waals surface area contributed by atoms with E-state index >= 15 is 0 Å². The summed E-state index contributed by atoms with van der Waals surface area (Å²) in [4.78, 5) is 14.3. The summed E-state index contributed by atoms with van der Waals surface area (Å²) in [6, 6.07) is 5.53. The van der Waals surface area contributed by atoms with Crippen LogP contribution < -0.4 is 0 Å². The molecule has 1 aromatic carbocycles. The zero-order chi connectivity index (χ0) is 14.2. The van der Waals surface area contributed by atoms with Crippen LogP contribution in [-0.2, 0) is 9.47 Å². The van der Waals surface area contributed by atoms with E-state index in [1.807, 2.05) is 24.0 Å². The monoisotopic (exact) mass is 295 g/mol. The van der Waals surface area contributed by atoms with E-state index in [1.165, 1.54) is 0 Å². The molecule has 3 rings (SSSR count). The normalized spacial score (nSPS) is 21.4. The third-order valence-electron chi connectivity index (χ3n) is 3.98. The number of benzene rings is 1. The predicted octanol–water partition coefficient (Wildman–Crippen LogP) is 2.63. The van der Waals surface area contributed by atoms with Gasteiger partial charge in [0.1, 0.15) is 0 Å². The van der Waals surface area contributed by atoms with Gasteiger partial charge in [-0.15, -0.1) is 0 Å². The summed E-state index contributed by atoms with van der Waals surface area (Å²) in [5, 5.41) is 0.517. The average molecular weight is 296 g/mol. The summed E-state index contributed by atoms with van der Waals surface area (Å²) in [7, 11) is 0. The molecule has 0 unspecified atom stereocenters. The minimum atomic E-state index is -0.451. The van der Waals surface area contributed by atoms with Gasteiger partial charge in [0.2, 0.25) is 0 Å². The van der Waals surface area contributed by atoms with E-state index in [0.717, 1.165) is 18.4 Å². The van der Waals surface area contributed by atoms with E-state index in [1.54, 1.807) is 6.07 Å². The van der Waals surface area contributed by atoms with E-state index in [-0.39, 0.29) is 5.91 Å². The van der Waals surface area contributed by atoms with Crippen molar-refractivity contribution in [3.8, 4) is 0 Å². The van der Waals surface area contributed by atoms with Crippen molar-refractivity contribution in [3.05, 3.63) is 34.3 Å². The zero-order valence-electron chi connectivity index (χ0n) is 11.5. The van der Waals surface area contributed by atoms with Gasteiger partial charge in [-0.25, -0.2) is 0 Å². The Bertz CT molecular complexity index is 516. The number of hydrogen-bond donors (Lipinski definition) is 0. The molecule has 0 saturated carbocycles. The smallest absolute Gasteiger partial charge is 0.255 e. The van der Waals surface area contributed by atoms with Gasteiger partial charge in [0.05, 0.1) is 23.8 Å². The topological polar surface area (TPSA) is 38.8 Å². The number of ether oxygens (including phenoxy) is 2. The van der Waals surface area contributed by atoms with E-state index in [2.05, 4.69) is 0 Å². The molecule has 2 saturated heterocycles. The molecule has 2 heterocycles. The molecule has 20 heavy (non-hydrogen) atoms. The first-order chi connectivity index (χ1) is 9.60. The maximum Gasteiger partial charge on any atom is 0.255 e. The van der Waals surface area contributed by atoms with Crippen molar-refractivity contribution in [1.82, 2.24) is 4.90 Å². The lowest BCUT2D eigenvalue weighted by atomic mass is 10.0. The summed E-state index contributed by atoms with van der Waals surface area (Å²) in [6.07, 6.45) is 1.45. The molecular formula is C15H18ClNO3. The highest BCUT2D eigenvalue weighted by atomic mass is 35.5. The predicted molar refractivity (Wildman–Crippen MR) is 76.0 cm³/mol. The quantitative estimate of drug-likeness (QED) is 0.799. The molecule has 0 aliphatic carbocycles. The van der Waals surface area contributed by atoms with Crippen LogP contribution in [-0.4, -0.2) is 42.9 Å². The number of halogens is 1. The third kappa shape index (κ3) is 2.55. The van der Waals surface area contributed by atoms with E-state index < -0.39 is 5.79 Å². The molecule has 0 bridgehead atoms. The Balaban J connectivity index is 1.69. The largest absolute Gasteiger partial charge is 0.347 e. The second-order valence-corrected chi connectivity index (χ2v) is 5.79. The van der Waals surface area contributed by atoms with E-state index in [9.17, 15) is 4.79 Å². The Morgan fingerprint density at radius 3 is 2.50 bits per heavy atom. The first-order valence-corrected chi connectivity index (χ1v) is 7.31. The first kappa shape index (κ1) is 13.9. The van der Waals surface area contributed by atoms with Crippen LogP contribution in [0.15, 0.2) is 18.2 Å². The molecular weight excluding hydrogens is 278 g/mol. The molecule has 0 N–H and O–H groups in total. The van der Waals surface area contributed by atoms with Crippen molar-refractivity contribution in [2.45, 2.75) is 25.6 Å². The van der Waals surface area contributed by atoms with Crippen molar-refractivity contribution in [1.29, 1.82) is 0 Å². The Morgan fingerprint density at radius 1 is 1.25 bits per heavy atom. The number of aryl methyl sites for hydroxylation is 1.